The standard InChI is InChI=1S/C9H12BrClN2O2S/c1-6(5-12)13-16(14,15)7-2-3-9(11)8(10)4-7/h2-4,6,13H,5,12H2,1H3/t6-/m1/s1. The normalized spacial score (nSPS) is 13.8. The maximum absolute atomic E-state index is 11.8. The third-order valence-electron chi connectivity index (χ3n) is 1.91. The molecule has 0 unspecified atom stereocenters. The summed E-state index contributed by atoms with van der Waals surface area (Å²) in [4.78, 5) is 0.157. The van der Waals surface area contributed by atoms with Crippen LogP contribution in [0.5, 0.6) is 0 Å². The molecule has 0 saturated carbocycles. The van der Waals surface area contributed by atoms with Crippen LogP contribution < -0.4 is 10.5 Å². The molecule has 1 aromatic rings. The molecule has 1 rings (SSSR count). The fraction of sp³-hybridized carbons (Fsp3) is 0.333. The van der Waals surface area contributed by atoms with Gasteiger partial charge in [0.2, 0.25) is 10.0 Å². The van der Waals surface area contributed by atoms with Gasteiger partial charge in [0.25, 0.3) is 0 Å². The van der Waals surface area contributed by atoms with E-state index < -0.39 is 10.0 Å². The van der Waals surface area contributed by atoms with Crippen LogP contribution >= 0.6 is 27.5 Å². The van der Waals surface area contributed by atoms with Crippen molar-refractivity contribution in [2.45, 2.75) is 17.9 Å². The van der Waals surface area contributed by atoms with Crippen molar-refractivity contribution in [2.24, 2.45) is 5.73 Å². The van der Waals surface area contributed by atoms with Gasteiger partial charge in [-0.3, -0.25) is 0 Å². The minimum atomic E-state index is -3.53. The molecule has 0 radical (unpaired) electrons. The Kier molecular flexibility index (Phi) is 4.75. The van der Waals surface area contributed by atoms with Gasteiger partial charge >= 0.3 is 0 Å². The quantitative estimate of drug-likeness (QED) is 0.884. The summed E-state index contributed by atoms with van der Waals surface area (Å²) < 4.78 is 26.7. The Morgan fingerprint density at radius 3 is 2.69 bits per heavy atom. The maximum atomic E-state index is 11.8. The van der Waals surface area contributed by atoms with E-state index in [1.807, 2.05) is 0 Å². The Balaban J connectivity index is 3.03. The molecule has 0 aromatic heterocycles. The summed E-state index contributed by atoms with van der Waals surface area (Å²) >= 11 is 8.95. The zero-order valence-electron chi connectivity index (χ0n) is 8.57. The first kappa shape index (κ1) is 13.9. The number of hydrogen-bond donors (Lipinski definition) is 2. The van der Waals surface area contributed by atoms with Crippen LogP contribution in [0.3, 0.4) is 0 Å². The number of benzene rings is 1. The number of nitrogens with one attached hydrogen (secondary N) is 1. The summed E-state index contributed by atoms with van der Waals surface area (Å²) in [5, 5.41) is 0.464. The summed E-state index contributed by atoms with van der Waals surface area (Å²) in [7, 11) is -3.53. The van der Waals surface area contributed by atoms with Crippen LogP contribution in [0.25, 0.3) is 0 Å². The highest BCUT2D eigenvalue weighted by Gasteiger charge is 2.17. The fourth-order valence-corrected chi connectivity index (χ4v) is 2.96. The van der Waals surface area contributed by atoms with Gasteiger partial charge in [0.05, 0.1) is 9.92 Å². The van der Waals surface area contributed by atoms with Gasteiger partial charge in [-0.05, 0) is 41.1 Å². The lowest BCUT2D eigenvalue weighted by Crippen LogP contribution is -2.37. The average Bonchev–Trinajstić information content (AvgIpc) is 2.21. The van der Waals surface area contributed by atoms with Crippen LogP contribution in [-0.4, -0.2) is 21.0 Å². The minimum absolute atomic E-state index is 0.157. The molecule has 90 valence electrons. The van der Waals surface area contributed by atoms with Gasteiger partial charge in [0, 0.05) is 17.1 Å². The van der Waals surface area contributed by atoms with Crippen molar-refractivity contribution in [3.63, 3.8) is 0 Å². The van der Waals surface area contributed by atoms with Crippen molar-refractivity contribution in [2.75, 3.05) is 6.54 Å². The Bertz CT molecular complexity index is 478. The molecule has 0 amide bonds. The van der Waals surface area contributed by atoms with E-state index in [2.05, 4.69) is 20.7 Å². The minimum Gasteiger partial charge on any atom is -0.329 e. The lowest BCUT2D eigenvalue weighted by atomic mass is 10.4. The lowest BCUT2D eigenvalue weighted by molar-refractivity contribution is 0.562. The number of halogens is 2. The van der Waals surface area contributed by atoms with E-state index >= 15 is 0 Å². The SMILES string of the molecule is C[C@H](CN)NS(=O)(=O)c1ccc(Cl)c(Br)c1. The van der Waals surface area contributed by atoms with Crippen LogP contribution in [0.4, 0.5) is 0 Å². The van der Waals surface area contributed by atoms with E-state index in [1.54, 1.807) is 6.92 Å². The number of sulfonamides is 1. The van der Waals surface area contributed by atoms with Gasteiger partial charge < -0.3 is 5.73 Å². The van der Waals surface area contributed by atoms with Crippen LogP contribution in [-0.2, 0) is 10.0 Å². The number of hydrogen-bond acceptors (Lipinski definition) is 3. The second-order valence-electron chi connectivity index (χ2n) is 3.33. The summed E-state index contributed by atoms with van der Waals surface area (Å²) in [5.74, 6) is 0. The van der Waals surface area contributed by atoms with E-state index in [-0.39, 0.29) is 17.5 Å². The molecule has 0 aliphatic rings. The third-order valence-corrected chi connectivity index (χ3v) is 4.71. The molecule has 16 heavy (non-hydrogen) atoms. The molecule has 1 aromatic carbocycles. The second kappa shape index (κ2) is 5.46. The average molecular weight is 328 g/mol. The lowest BCUT2D eigenvalue weighted by Gasteiger charge is -2.12. The zero-order valence-corrected chi connectivity index (χ0v) is 11.7. The number of rotatable bonds is 4. The second-order valence-corrected chi connectivity index (χ2v) is 6.31. The van der Waals surface area contributed by atoms with E-state index in [0.717, 1.165) is 0 Å². The highest BCUT2D eigenvalue weighted by atomic mass is 79.9. The highest BCUT2D eigenvalue weighted by molar-refractivity contribution is 9.10. The first-order valence-corrected chi connectivity index (χ1v) is 7.19. The summed E-state index contributed by atoms with van der Waals surface area (Å²) in [6.45, 7) is 1.94. The monoisotopic (exact) mass is 326 g/mol. The molecule has 0 saturated heterocycles. The van der Waals surface area contributed by atoms with Gasteiger partial charge in [-0.25, -0.2) is 13.1 Å². The largest absolute Gasteiger partial charge is 0.329 e. The Hall–Kier alpha value is -0.140. The molecule has 0 aliphatic heterocycles. The first-order chi connectivity index (χ1) is 7.36. The molecule has 0 spiro atoms. The van der Waals surface area contributed by atoms with Crippen molar-refractivity contribution >= 4 is 37.6 Å². The van der Waals surface area contributed by atoms with Gasteiger partial charge in [-0.2, -0.15) is 0 Å². The predicted octanol–water partition coefficient (Wildman–Crippen LogP) is 1.73. The highest BCUT2D eigenvalue weighted by Crippen LogP contribution is 2.25. The Morgan fingerprint density at radius 1 is 1.56 bits per heavy atom. The molecule has 0 fully saturated rings. The molecule has 0 heterocycles. The van der Waals surface area contributed by atoms with Crippen LogP contribution in [0.1, 0.15) is 6.92 Å². The van der Waals surface area contributed by atoms with Crippen molar-refractivity contribution < 1.29 is 8.42 Å². The zero-order chi connectivity index (χ0) is 12.3. The van der Waals surface area contributed by atoms with Crippen molar-refractivity contribution in [1.29, 1.82) is 0 Å². The fourth-order valence-electron chi connectivity index (χ4n) is 1.03. The van der Waals surface area contributed by atoms with Gasteiger partial charge in [0.15, 0.2) is 0 Å². The van der Waals surface area contributed by atoms with Gasteiger partial charge in [-0.15, -0.1) is 0 Å². The molecule has 0 bridgehead atoms. The topological polar surface area (TPSA) is 72.2 Å². The van der Waals surface area contributed by atoms with Crippen LogP contribution in [0.15, 0.2) is 27.6 Å². The van der Waals surface area contributed by atoms with E-state index in [9.17, 15) is 8.42 Å². The van der Waals surface area contributed by atoms with E-state index in [1.165, 1.54) is 18.2 Å². The van der Waals surface area contributed by atoms with Crippen molar-refractivity contribution in [1.82, 2.24) is 4.72 Å². The summed E-state index contributed by atoms with van der Waals surface area (Å²) in [6, 6.07) is 4.11. The Morgan fingerprint density at radius 2 is 2.19 bits per heavy atom. The first-order valence-electron chi connectivity index (χ1n) is 4.54. The molecular weight excluding hydrogens is 316 g/mol. The smallest absolute Gasteiger partial charge is 0.240 e. The number of nitrogens with two attached hydrogens (primary N) is 1. The molecule has 0 aliphatic carbocycles. The summed E-state index contributed by atoms with van der Waals surface area (Å²) in [5.41, 5.74) is 5.35. The van der Waals surface area contributed by atoms with Crippen LogP contribution in [0, 0.1) is 0 Å². The van der Waals surface area contributed by atoms with Crippen molar-refractivity contribution in [3.05, 3.63) is 27.7 Å². The van der Waals surface area contributed by atoms with Crippen LogP contribution in [0.2, 0.25) is 5.02 Å². The third kappa shape index (κ3) is 3.43. The Labute approximate surface area is 108 Å². The van der Waals surface area contributed by atoms with Gasteiger partial charge in [-0.1, -0.05) is 11.6 Å². The van der Waals surface area contributed by atoms with Crippen molar-refractivity contribution in [3.8, 4) is 0 Å². The molecule has 7 heteroatoms. The molecular formula is C9H12BrClN2O2S. The predicted molar refractivity (Wildman–Crippen MR) is 68.0 cm³/mol. The van der Waals surface area contributed by atoms with Gasteiger partial charge in [0.1, 0.15) is 0 Å². The van der Waals surface area contributed by atoms with E-state index in [4.69, 9.17) is 17.3 Å². The molecule has 3 N–H and O–H groups in total. The summed E-state index contributed by atoms with van der Waals surface area (Å²) in [6.07, 6.45) is 0. The molecule has 1 atom stereocenters. The van der Waals surface area contributed by atoms with E-state index in [0.29, 0.717) is 9.50 Å². The maximum Gasteiger partial charge on any atom is 0.240 e. The molecule has 4 nitrogen and oxygen atoms in total.